The maximum absolute atomic E-state index is 11.3. The molecule has 1 amide bonds. The summed E-state index contributed by atoms with van der Waals surface area (Å²) in [4.78, 5) is 33.6. The number of carbonyl (C=O) groups excluding carboxylic acids is 3. The van der Waals surface area contributed by atoms with Gasteiger partial charge < -0.3 is 24.8 Å². The Morgan fingerprint density at radius 3 is 2.45 bits per heavy atom. The van der Waals surface area contributed by atoms with E-state index in [1.807, 2.05) is 0 Å². The van der Waals surface area contributed by atoms with Gasteiger partial charge in [0.25, 0.3) is 0 Å². The first-order valence-corrected chi connectivity index (χ1v) is 7.04. The molecule has 1 fully saturated rings. The minimum Gasteiger partial charge on any atom is -0.459 e. The van der Waals surface area contributed by atoms with Crippen molar-refractivity contribution in [2.45, 2.75) is 25.8 Å². The van der Waals surface area contributed by atoms with E-state index in [9.17, 15) is 14.4 Å². The van der Waals surface area contributed by atoms with Crippen molar-refractivity contribution in [2.24, 2.45) is 0 Å². The fourth-order valence-electron chi connectivity index (χ4n) is 1.53. The Kier molecular flexibility index (Phi) is 7.30. The summed E-state index contributed by atoms with van der Waals surface area (Å²) in [5, 5.41) is 5.57. The number of amides is 1. The molecule has 0 radical (unpaired) electrons. The van der Waals surface area contributed by atoms with E-state index >= 15 is 0 Å². The molecule has 0 spiro atoms. The average Bonchev–Trinajstić information content (AvgIpc) is 2.77. The van der Waals surface area contributed by atoms with Crippen molar-refractivity contribution < 1.29 is 28.6 Å². The van der Waals surface area contributed by atoms with Gasteiger partial charge in [0.1, 0.15) is 19.3 Å². The van der Waals surface area contributed by atoms with E-state index in [1.54, 1.807) is 0 Å². The van der Waals surface area contributed by atoms with E-state index in [2.05, 4.69) is 17.2 Å². The zero-order chi connectivity index (χ0) is 16.5. The summed E-state index contributed by atoms with van der Waals surface area (Å²) in [5.74, 6) is -0.732. The maximum Gasteiger partial charge on any atom is 0.508 e. The molecular formula is C13H18N2O6S. The molecule has 1 heterocycles. The highest BCUT2D eigenvalue weighted by Gasteiger charge is 2.26. The third kappa shape index (κ3) is 6.53. The van der Waals surface area contributed by atoms with Crippen molar-refractivity contribution in [1.29, 1.82) is 0 Å². The standard InChI is InChI=1S/C13H18N2O6S/c1-8(2)11(17)19-6-7-21-13(18)20-5-3-4-9-10(16)15-12(22)14-9/h9H,1,3-7H2,2H3,(H2,14,15,16,22). The molecule has 1 aliphatic rings. The second-order valence-corrected chi connectivity index (χ2v) is 4.93. The second-order valence-electron chi connectivity index (χ2n) is 4.52. The van der Waals surface area contributed by atoms with E-state index in [0.717, 1.165) is 0 Å². The molecule has 1 aliphatic heterocycles. The van der Waals surface area contributed by atoms with Crippen molar-refractivity contribution >= 4 is 35.4 Å². The predicted octanol–water partition coefficient (Wildman–Crippen LogP) is 0.412. The van der Waals surface area contributed by atoms with Crippen LogP contribution in [0.3, 0.4) is 0 Å². The van der Waals surface area contributed by atoms with Crippen LogP contribution in [0, 0.1) is 0 Å². The van der Waals surface area contributed by atoms with Crippen LogP contribution < -0.4 is 10.6 Å². The Hall–Kier alpha value is -2.16. The molecule has 1 rings (SSSR count). The van der Waals surface area contributed by atoms with Gasteiger partial charge in [0, 0.05) is 5.57 Å². The quantitative estimate of drug-likeness (QED) is 0.285. The number of hydrogen-bond donors (Lipinski definition) is 2. The Balaban J connectivity index is 2.02. The van der Waals surface area contributed by atoms with Gasteiger partial charge in [-0.15, -0.1) is 0 Å². The predicted molar refractivity (Wildman–Crippen MR) is 80.0 cm³/mol. The molecule has 22 heavy (non-hydrogen) atoms. The van der Waals surface area contributed by atoms with Gasteiger partial charge in [-0.1, -0.05) is 6.58 Å². The second kappa shape index (κ2) is 8.98. The molecular weight excluding hydrogens is 312 g/mol. The summed E-state index contributed by atoms with van der Waals surface area (Å²) in [6.45, 7) is 4.88. The smallest absolute Gasteiger partial charge is 0.459 e. The lowest BCUT2D eigenvalue weighted by atomic mass is 10.2. The minimum atomic E-state index is -0.856. The molecule has 0 aromatic heterocycles. The largest absolute Gasteiger partial charge is 0.508 e. The van der Waals surface area contributed by atoms with E-state index in [1.165, 1.54) is 6.92 Å². The van der Waals surface area contributed by atoms with Gasteiger partial charge in [-0.25, -0.2) is 9.59 Å². The number of rotatable bonds is 8. The summed E-state index contributed by atoms with van der Waals surface area (Å²) in [6, 6.07) is -0.395. The summed E-state index contributed by atoms with van der Waals surface area (Å²) in [7, 11) is 0. The van der Waals surface area contributed by atoms with Gasteiger partial charge in [0.2, 0.25) is 5.91 Å². The summed E-state index contributed by atoms with van der Waals surface area (Å²) >= 11 is 4.80. The average molecular weight is 330 g/mol. The molecule has 9 heteroatoms. The highest BCUT2D eigenvalue weighted by Crippen LogP contribution is 2.03. The molecule has 8 nitrogen and oxygen atoms in total. The fraction of sp³-hybridized carbons (Fsp3) is 0.538. The number of esters is 1. The van der Waals surface area contributed by atoms with E-state index in [4.69, 9.17) is 26.4 Å². The first-order valence-electron chi connectivity index (χ1n) is 6.63. The molecule has 1 atom stereocenters. The first kappa shape index (κ1) is 17.9. The number of thiocarbonyl (C=S) groups is 1. The Morgan fingerprint density at radius 2 is 1.86 bits per heavy atom. The lowest BCUT2D eigenvalue weighted by Crippen LogP contribution is -2.29. The monoisotopic (exact) mass is 330 g/mol. The topological polar surface area (TPSA) is 103 Å². The minimum absolute atomic E-state index is 0.0651. The SMILES string of the molecule is C=C(C)C(=O)OCCOC(=O)OCCCC1NC(=S)NC1=O. The van der Waals surface area contributed by atoms with Crippen LogP contribution in [-0.4, -0.2) is 49.0 Å². The van der Waals surface area contributed by atoms with Crippen LogP contribution in [0.25, 0.3) is 0 Å². The zero-order valence-electron chi connectivity index (χ0n) is 12.2. The van der Waals surface area contributed by atoms with Crippen LogP contribution in [0.2, 0.25) is 0 Å². The van der Waals surface area contributed by atoms with Crippen LogP contribution in [0.5, 0.6) is 0 Å². The summed E-state index contributed by atoms with van der Waals surface area (Å²) in [5.41, 5.74) is 0.270. The van der Waals surface area contributed by atoms with Crippen molar-refractivity contribution in [3.8, 4) is 0 Å². The molecule has 1 saturated heterocycles. The first-order chi connectivity index (χ1) is 10.4. The number of carbonyl (C=O) groups is 3. The molecule has 1 unspecified atom stereocenters. The Labute approximate surface area is 133 Å². The molecule has 0 bridgehead atoms. The van der Waals surface area contributed by atoms with Gasteiger partial charge in [0.15, 0.2) is 5.11 Å². The fourth-order valence-corrected chi connectivity index (χ4v) is 1.77. The Morgan fingerprint density at radius 1 is 1.23 bits per heavy atom. The number of nitrogens with one attached hydrogen (secondary N) is 2. The molecule has 2 N–H and O–H groups in total. The lowest BCUT2D eigenvalue weighted by Gasteiger charge is -2.09. The van der Waals surface area contributed by atoms with E-state index in [-0.39, 0.29) is 31.3 Å². The third-order valence-electron chi connectivity index (χ3n) is 2.60. The van der Waals surface area contributed by atoms with Gasteiger partial charge in [-0.05, 0) is 32.0 Å². The highest BCUT2D eigenvalue weighted by atomic mass is 32.1. The van der Waals surface area contributed by atoms with Crippen molar-refractivity contribution in [3.63, 3.8) is 0 Å². The molecule has 0 aromatic carbocycles. The summed E-state index contributed by atoms with van der Waals surface area (Å²) < 4.78 is 14.2. The van der Waals surface area contributed by atoms with Crippen LogP contribution in [0.15, 0.2) is 12.2 Å². The molecule has 122 valence electrons. The van der Waals surface area contributed by atoms with Crippen LogP contribution in [-0.2, 0) is 23.8 Å². The maximum atomic E-state index is 11.3. The normalized spacial score (nSPS) is 16.5. The number of hydrogen-bond acceptors (Lipinski definition) is 7. The Bertz CT molecular complexity index is 479. The van der Waals surface area contributed by atoms with E-state index in [0.29, 0.717) is 18.0 Å². The van der Waals surface area contributed by atoms with Crippen molar-refractivity contribution in [1.82, 2.24) is 10.6 Å². The van der Waals surface area contributed by atoms with Crippen LogP contribution in [0.1, 0.15) is 19.8 Å². The molecule has 0 saturated carbocycles. The van der Waals surface area contributed by atoms with Crippen molar-refractivity contribution in [3.05, 3.63) is 12.2 Å². The van der Waals surface area contributed by atoms with Gasteiger partial charge >= 0.3 is 12.1 Å². The third-order valence-corrected chi connectivity index (χ3v) is 2.82. The molecule has 0 aromatic rings. The van der Waals surface area contributed by atoms with Crippen molar-refractivity contribution in [2.75, 3.05) is 19.8 Å². The highest BCUT2D eigenvalue weighted by molar-refractivity contribution is 7.80. The summed E-state index contributed by atoms with van der Waals surface area (Å²) in [6.07, 6.45) is 0.105. The number of ether oxygens (including phenoxy) is 3. The molecule has 0 aliphatic carbocycles. The van der Waals surface area contributed by atoms with E-state index < -0.39 is 18.2 Å². The van der Waals surface area contributed by atoms with Gasteiger partial charge in [-0.3, -0.25) is 4.79 Å². The van der Waals surface area contributed by atoms with Crippen LogP contribution in [0.4, 0.5) is 4.79 Å². The van der Waals surface area contributed by atoms with Crippen LogP contribution >= 0.6 is 12.2 Å². The van der Waals surface area contributed by atoms with Gasteiger partial charge in [0.05, 0.1) is 6.61 Å². The lowest BCUT2D eigenvalue weighted by molar-refractivity contribution is -0.140. The zero-order valence-corrected chi connectivity index (χ0v) is 13.0. The van der Waals surface area contributed by atoms with Gasteiger partial charge in [-0.2, -0.15) is 0 Å².